The predicted octanol–water partition coefficient (Wildman–Crippen LogP) is -0.960. The quantitative estimate of drug-likeness (QED) is 0.466. The van der Waals surface area contributed by atoms with E-state index >= 15 is 0 Å². The Morgan fingerprint density at radius 2 is 1.67 bits per heavy atom. The zero-order valence-corrected chi connectivity index (χ0v) is 4.63. The van der Waals surface area contributed by atoms with Gasteiger partial charge in [-0.15, -0.1) is 0 Å². The fourth-order valence-corrected chi connectivity index (χ4v) is 0. The van der Waals surface area contributed by atoms with E-state index in [2.05, 4.69) is 19.1 Å². The molecule has 0 saturated carbocycles. The number of hydrogen-bond acceptors (Lipinski definition) is 3. The molecule has 0 fully saturated rings. The zero-order chi connectivity index (χ0) is 4.28. The molecule has 0 spiro atoms. The second kappa shape index (κ2) is 6.26. The molecule has 0 amide bonds. The van der Waals surface area contributed by atoms with E-state index < -0.39 is 15.4 Å². The molecule has 0 aromatic carbocycles. The molecule has 0 unspecified atom stereocenters. The van der Waals surface area contributed by atoms with E-state index in [-0.39, 0.29) is 18.9 Å². The van der Waals surface area contributed by atoms with E-state index in [1.54, 1.807) is 0 Å². The minimum atomic E-state index is -3.28. The molecule has 0 saturated heterocycles. The first kappa shape index (κ1) is 10.3. The van der Waals surface area contributed by atoms with Gasteiger partial charge in [-0.2, -0.15) is 0 Å². The Kier molecular flexibility index (Phi) is 10.7. The molecule has 0 bridgehead atoms. The average Bonchev–Trinajstić information content (AvgIpc) is 1.38. The molecule has 0 aromatic heterocycles. The summed E-state index contributed by atoms with van der Waals surface area (Å²) < 4.78 is 22.0. The Labute approximate surface area is 60.5 Å². The Hall–Kier alpha value is 1.26. The molecule has 0 aliphatic heterocycles. The summed E-state index contributed by atoms with van der Waals surface area (Å²) in [6.07, 6.45) is 0. The van der Waals surface area contributed by atoms with Gasteiger partial charge in [-0.1, -0.05) is 0 Å². The molecule has 0 radical (unpaired) electrons. The average molecular weight is 162 g/mol. The van der Waals surface area contributed by atoms with Gasteiger partial charge in [0.2, 0.25) is 0 Å². The van der Waals surface area contributed by atoms with E-state index in [0.29, 0.717) is 0 Å². The molecular weight excluding hydrogens is 161 g/mol. The third-order valence-corrected chi connectivity index (χ3v) is 0.958. The molecule has 0 aromatic rings. The van der Waals surface area contributed by atoms with E-state index in [1.807, 2.05) is 0 Å². The van der Waals surface area contributed by atoms with E-state index in [9.17, 15) is 7.35 Å². The fourth-order valence-electron chi connectivity index (χ4n) is 0. The second-order valence-corrected chi connectivity index (χ2v) is 2.10. The van der Waals surface area contributed by atoms with Crippen molar-refractivity contribution < 1.29 is 41.8 Å². The molecule has 0 aliphatic carbocycles. The van der Waals surface area contributed by atoms with Crippen LogP contribution in [-0.4, -0.2) is 18.9 Å². The fraction of sp³-hybridized carbons (Fsp3) is 0. The summed E-state index contributed by atoms with van der Waals surface area (Å²) in [5.74, 6) is 0. The van der Waals surface area contributed by atoms with Gasteiger partial charge in [0.15, 0.2) is 0 Å². The molecule has 0 aliphatic rings. The van der Waals surface area contributed by atoms with Gasteiger partial charge < -0.3 is 0 Å². The summed E-state index contributed by atoms with van der Waals surface area (Å²) >= 11 is -1.03. The van der Waals surface area contributed by atoms with Gasteiger partial charge in [0.25, 0.3) is 0 Å². The van der Waals surface area contributed by atoms with Crippen molar-refractivity contribution in [1.82, 2.24) is 0 Å². The van der Waals surface area contributed by atoms with Crippen LogP contribution in [0.2, 0.25) is 0 Å². The molecule has 6 heteroatoms. The molecule has 0 heterocycles. The van der Waals surface area contributed by atoms with Crippen LogP contribution in [0.1, 0.15) is 0 Å². The zero-order valence-electron chi connectivity index (χ0n) is 2.05. The molecule has 0 rings (SSSR count). The van der Waals surface area contributed by atoms with Crippen molar-refractivity contribution in [2.24, 2.45) is 0 Å². The van der Waals surface area contributed by atoms with Crippen LogP contribution in [0.25, 0.3) is 0 Å². The number of hydrogen-bond donors (Lipinski definition) is 0. The van der Waals surface area contributed by atoms with E-state index in [0.717, 1.165) is 0 Å². The van der Waals surface area contributed by atoms with Gasteiger partial charge in [0, 0.05) is 0 Å². The first-order valence-electron chi connectivity index (χ1n) is 0.702. The summed E-state index contributed by atoms with van der Waals surface area (Å²) in [5, 5.41) is 0. The van der Waals surface area contributed by atoms with Crippen LogP contribution in [0.3, 0.4) is 0 Å². The maximum absolute atomic E-state index is 9.22. The standard InChI is InChI=1S/Li.Mn.3O.V.H. The molecule has 3 nitrogen and oxygen atoms in total. The van der Waals surface area contributed by atoms with Crippen LogP contribution in [0.15, 0.2) is 0 Å². The molecular formula is HLiMnO3V. The Morgan fingerprint density at radius 1 is 1.50 bits per heavy atom. The van der Waals surface area contributed by atoms with Gasteiger partial charge in [-0.3, -0.25) is 0 Å². The summed E-state index contributed by atoms with van der Waals surface area (Å²) in [6, 6.07) is 0. The third-order valence-electron chi connectivity index (χ3n) is 0.0563. The predicted molar refractivity (Wildman–Crippen MR) is 9.61 cm³/mol. The van der Waals surface area contributed by atoms with Crippen molar-refractivity contribution in [2.45, 2.75) is 0 Å². The van der Waals surface area contributed by atoms with Crippen molar-refractivity contribution in [3.8, 4) is 0 Å². The van der Waals surface area contributed by atoms with Crippen LogP contribution < -0.4 is 0 Å². The van der Waals surface area contributed by atoms with Crippen molar-refractivity contribution in [1.29, 1.82) is 0 Å². The van der Waals surface area contributed by atoms with Crippen molar-refractivity contribution in [2.75, 3.05) is 0 Å². The van der Waals surface area contributed by atoms with Crippen molar-refractivity contribution in [3.63, 3.8) is 0 Å². The summed E-state index contributed by atoms with van der Waals surface area (Å²) in [4.78, 5) is 0. The van der Waals surface area contributed by atoms with E-state index in [1.165, 1.54) is 0 Å². The van der Waals surface area contributed by atoms with Crippen LogP contribution in [0.5, 0.6) is 0 Å². The van der Waals surface area contributed by atoms with Crippen LogP contribution in [-0.2, 0) is 41.8 Å². The summed E-state index contributed by atoms with van der Waals surface area (Å²) in [7, 11) is 0. The molecule has 32 valence electrons. The summed E-state index contributed by atoms with van der Waals surface area (Å²) in [5.41, 5.74) is 0. The van der Waals surface area contributed by atoms with Crippen LogP contribution in [0, 0.1) is 0 Å². The van der Waals surface area contributed by atoms with Crippen LogP contribution >= 0.6 is 0 Å². The molecule has 6 heavy (non-hydrogen) atoms. The molecule has 0 atom stereocenters. The van der Waals surface area contributed by atoms with Gasteiger partial charge >= 0.3 is 60.7 Å². The topological polar surface area (TPSA) is 43.4 Å². The maximum atomic E-state index is 9.22. The Morgan fingerprint density at radius 3 is 1.67 bits per heavy atom. The first-order valence-corrected chi connectivity index (χ1v) is 2.89. The number of rotatable bonds is 1. The molecule has 0 N–H and O–H groups in total. The minimum absolute atomic E-state index is 0. The Bertz CT molecular complexity index is 68.9. The van der Waals surface area contributed by atoms with Gasteiger partial charge in [-0.25, -0.2) is 0 Å². The van der Waals surface area contributed by atoms with Gasteiger partial charge in [0.1, 0.15) is 0 Å². The second-order valence-electron chi connectivity index (χ2n) is 0.293. The Balaban J connectivity index is 0. The van der Waals surface area contributed by atoms with Gasteiger partial charge in [-0.05, 0) is 0 Å². The third kappa shape index (κ3) is 8.98. The monoisotopic (exact) mass is 162 g/mol. The van der Waals surface area contributed by atoms with Crippen molar-refractivity contribution in [3.05, 3.63) is 0 Å². The first-order chi connectivity index (χ1) is 2.27. The van der Waals surface area contributed by atoms with Gasteiger partial charge in [0.05, 0.1) is 0 Å². The van der Waals surface area contributed by atoms with Crippen molar-refractivity contribution >= 4 is 18.9 Å². The van der Waals surface area contributed by atoms with Crippen LogP contribution in [0.4, 0.5) is 0 Å². The normalized spacial score (nSPS) is 6.17. The SMILES string of the molecule is [LiH].[O]=[V](=[O])[O][Mn]. The van der Waals surface area contributed by atoms with E-state index in [4.69, 9.17) is 0 Å². The summed E-state index contributed by atoms with van der Waals surface area (Å²) in [6.45, 7) is 0.